The van der Waals surface area contributed by atoms with Crippen molar-refractivity contribution >= 4 is 11.8 Å². The minimum atomic E-state index is -0.547. The lowest BCUT2D eigenvalue weighted by molar-refractivity contribution is 0.178. The zero-order chi connectivity index (χ0) is 13.7. The Bertz CT molecular complexity index is 560. The summed E-state index contributed by atoms with van der Waals surface area (Å²) in [5, 5.41) is 0. The highest BCUT2D eigenvalue weighted by Crippen LogP contribution is 2.19. The number of amides is 1. The van der Waals surface area contributed by atoms with Gasteiger partial charge in [0.2, 0.25) is 0 Å². The number of pyridine rings is 1. The Balaban J connectivity index is 2.29. The summed E-state index contributed by atoms with van der Waals surface area (Å²) < 4.78 is 18.0. The van der Waals surface area contributed by atoms with E-state index in [-0.39, 0.29) is 6.54 Å². The maximum absolute atomic E-state index is 13.2. The van der Waals surface area contributed by atoms with E-state index in [4.69, 9.17) is 4.74 Å². The lowest BCUT2D eigenvalue weighted by Gasteiger charge is -2.21. The van der Waals surface area contributed by atoms with Crippen molar-refractivity contribution in [3.63, 3.8) is 0 Å². The SMILES string of the molecule is COC(=O)N(Cc1cccnc1)c1cccc(F)c1. The second-order valence-electron chi connectivity index (χ2n) is 3.90. The van der Waals surface area contributed by atoms with Gasteiger partial charge in [-0.25, -0.2) is 9.18 Å². The highest BCUT2D eigenvalue weighted by molar-refractivity contribution is 5.87. The molecule has 1 amide bonds. The molecule has 0 fully saturated rings. The van der Waals surface area contributed by atoms with Crippen LogP contribution in [-0.2, 0) is 11.3 Å². The molecule has 2 rings (SSSR count). The topological polar surface area (TPSA) is 42.4 Å². The number of hydrogen-bond donors (Lipinski definition) is 0. The predicted octanol–water partition coefficient (Wildman–Crippen LogP) is 2.99. The van der Waals surface area contributed by atoms with Crippen LogP contribution < -0.4 is 4.90 Å². The molecule has 0 aliphatic carbocycles. The van der Waals surface area contributed by atoms with Gasteiger partial charge in [-0.1, -0.05) is 12.1 Å². The van der Waals surface area contributed by atoms with Crippen LogP contribution in [0.15, 0.2) is 48.8 Å². The summed E-state index contributed by atoms with van der Waals surface area (Å²) in [6, 6.07) is 9.41. The molecule has 98 valence electrons. The number of halogens is 1. The zero-order valence-corrected chi connectivity index (χ0v) is 10.4. The molecule has 1 aromatic heterocycles. The molecule has 0 bridgehead atoms. The first-order valence-electron chi connectivity index (χ1n) is 5.70. The first kappa shape index (κ1) is 13.0. The van der Waals surface area contributed by atoms with Crippen LogP contribution in [0.25, 0.3) is 0 Å². The number of ether oxygens (including phenoxy) is 1. The molecule has 0 saturated heterocycles. The summed E-state index contributed by atoms with van der Waals surface area (Å²) in [6.07, 6.45) is 2.75. The number of methoxy groups -OCH3 is 1. The summed E-state index contributed by atoms with van der Waals surface area (Å²) >= 11 is 0. The Morgan fingerprint density at radius 3 is 2.84 bits per heavy atom. The molecular weight excluding hydrogens is 247 g/mol. The average molecular weight is 260 g/mol. The number of carbonyl (C=O) groups excluding carboxylic acids is 1. The second kappa shape index (κ2) is 5.95. The van der Waals surface area contributed by atoms with Crippen molar-refractivity contribution in [3.8, 4) is 0 Å². The maximum atomic E-state index is 13.2. The van der Waals surface area contributed by atoms with Gasteiger partial charge in [0.25, 0.3) is 0 Å². The molecule has 2 aromatic rings. The first-order chi connectivity index (χ1) is 9.20. The number of aromatic nitrogens is 1. The molecule has 0 atom stereocenters. The first-order valence-corrected chi connectivity index (χ1v) is 5.70. The van der Waals surface area contributed by atoms with Gasteiger partial charge in [0.1, 0.15) is 5.82 Å². The fourth-order valence-corrected chi connectivity index (χ4v) is 1.69. The van der Waals surface area contributed by atoms with Gasteiger partial charge in [-0.3, -0.25) is 9.88 Å². The predicted molar refractivity (Wildman–Crippen MR) is 69.2 cm³/mol. The molecule has 4 nitrogen and oxygen atoms in total. The Morgan fingerprint density at radius 1 is 1.37 bits per heavy atom. The normalized spacial score (nSPS) is 10.0. The maximum Gasteiger partial charge on any atom is 0.414 e. The Hall–Kier alpha value is -2.43. The highest BCUT2D eigenvalue weighted by Gasteiger charge is 2.17. The summed E-state index contributed by atoms with van der Waals surface area (Å²) in [4.78, 5) is 17.1. The molecule has 5 heteroatoms. The lowest BCUT2D eigenvalue weighted by Crippen LogP contribution is -2.30. The third-order valence-electron chi connectivity index (χ3n) is 2.58. The summed E-state index contributed by atoms with van der Waals surface area (Å²) in [5.74, 6) is -0.405. The van der Waals surface area contributed by atoms with Crippen molar-refractivity contribution in [1.29, 1.82) is 0 Å². The molecular formula is C14H13FN2O2. The zero-order valence-electron chi connectivity index (χ0n) is 10.4. The molecule has 1 aromatic carbocycles. The number of anilines is 1. The largest absolute Gasteiger partial charge is 0.452 e. The number of carbonyl (C=O) groups is 1. The van der Waals surface area contributed by atoms with Crippen molar-refractivity contribution in [3.05, 3.63) is 60.2 Å². The van der Waals surface area contributed by atoms with Crippen molar-refractivity contribution in [2.45, 2.75) is 6.54 Å². The van der Waals surface area contributed by atoms with Gasteiger partial charge in [0.05, 0.1) is 19.3 Å². The van der Waals surface area contributed by atoms with E-state index in [9.17, 15) is 9.18 Å². The smallest absolute Gasteiger partial charge is 0.414 e. The fourth-order valence-electron chi connectivity index (χ4n) is 1.69. The monoisotopic (exact) mass is 260 g/mol. The van der Waals surface area contributed by atoms with Crippen LogP contribution in [0.3, 0.4) is 0 Å². The molecule has 0 unspecified atom stereocenters. The van der Waals surface area contributed by atoms with Crippen LogP contribution in [0.1, 0.15) is 5.56 Å². The van der Waals surface area contributed by atoms with Crippen LogP contribution in [0.4, 0.5) is 14.9 Å². The Kier molecular flexibility index (Phi) is 4.07. The van der Waals surface area contributed by atoms with E-state index in [0.29, 0.717) is 5.69 Å². The minimum absolute atomic E-state index is 0.268. The molecule has 0 spiro atoms. The summed E-state index contributed by atoms with van der Waals surface area (Å²) in [5.41, 5.74) is 1.27. The quantitative estimate of drug-likeness (QED) is 0.852. The third-order valence-corrected chi connectivity index (χ3v) is 2.58. The van der Waals surface area contributed by atoms with Crippen molar-refractivity contribution in [2.24, 2.45) is 0 Å². The Morgan fingerprint density at radius 2 is 2.21 bits per heavy atom. The van der Waals surface area contributed by atoms with Gasteiger partial charge >= 0.3 is 6.09 Å². The molecule has 19 heavy (non-hydrogen) atoms. The van der Waals surface area contributed by atoms with E-state index in [0.717, 1.165) is 5.56 Å². The summed E-state index contributed by atoms with van der Waals surface area (Å²) in [7, 11) is 1.29. The van der Waals surface area contributed by atoms with Gasteiger partial charge in [-0.05, 0) is 29.8 Å². The van der Waals surface area contributed by atoms with E-state index < -0.39 is 11.9 Å². The van der Waals surface area contributed by atoms with Gasteiger partial charge < -0.3 is 4.74 Å². The molecule has 0 aliphatic heterocycles. The van der Waals surface area contributed by atoms with Crippen molar-refractivity contribution in [1.82, 2.24) is 4.98 Å². The van der Waals surface area contributed by atoms with Crippen molar-refractivity contribution < 1.29 is 13.9 Å². The van der Waals surface area contributed by atoms with Crippen LogP contribution >= 0.6 is 0 Å². The van der Waals surface area contributed by atoms with Crippen LogP contribution in [0, 0.1) is 5.82 Å². The van der Waals surface area contributed by atoms with E-state index in [1.807, 2.05) is 6.07 Å². The van der Waals surface area contributed by atoms with Crippen LogP contribution in [0.5, 0.6) is 0 Å². The molecule has 0 aliphatic rings. The molecule has 0 N–H and O–H groups in total. The van der Waals surface area contributed by atoms with Gasteiger partial charge in [-0.15, -0.1) is 0 Å². The van der Waals surface area contributed by atoms with E-state index in [2.05, 4.69) is 4.98 Å². The lowest BCUT2D eigenvalue weighted by atomic mass is 10.2. The molecule has 0 saturated carbocycles. The Labute approximate surface area is 110 Å². The number of benzene rings is 1. The van der Waals surface area contributed by atoms with Crippen LogP contribution in [-0.4, -0.2) is 18.2 Å². The van der Waals surface area contributed by atoms with E-state index in [1.165, 1.54) is 24.1 Å². The third kappa shape index (κ3) is 3.28. The number of hydrogen-bond acceptors (Lipinski definition) is 3. The number of rotatable bonds is 3. The van der Waals surface area contributed by atoms with Crippen molar-refractivity contribution in [2.75, 3.05) is 12.0 Å². The van der Waals surface area contributed by atoms with Gasteiger partial charge in [0, 0.05) is 12.4 Å². The standard InChI is InChI=1S/C14H13FN2O2/c1-19-14(18)17(10-11-4-3-7-16-9-11)13-6-2-5-12(15)8-13/h2-9H,10H2,1H3. The van der Waals surface area contributed by atoms with Crippen LogP contribution in [0.2, 0.25) is 0 Å². The molecule has 0 radical (unpaired) electrons. The molecule has 1 heterocycles. The number of nitrogens with zero attached hydrogens (tertiary/aromatic N) is 2. The fraction of sp³-hybridized carbons (Fsp3) is 0.143. The summed E-state index contributed by atoms with van der Waals surface area (Å²) in [6.45, 7) is 0.268. The highest BCUT2D eigenvalue weighted by atomic mass is 19.1. The second-order valence-corrected chi connectivity index (χ2v) is 3.90. The van der Waals surface area contributed by atoms with E-state index >= 15 is 0 Å². The van der Waals surface area contributed by atoms with E-state index in [1.54, 1.807) is 30.6 Å². The minimum Gasteiger partial charge on any atom is -0.452 e. The van der Waals surface area contributed by atoms with Gasteiger partial charge in [-0.2, -0.15) is 0 Å². The average Bonchev–Trinajstić information content (AvgIpc) is 2.45. The van der Waals surface area contributed by atoms with Gasteiger partial charge in [0.15, 0.2) is 0 Å².